The van der Waals surface area contributed by atoms with E-state index in [1.165, 1.54) is 17.0 Å². The normalized spacial score (nSPS) is 11.3. The maximum Gasteiger partial charge on any atom is 0.216 e. The van der Waals surface area contributed by atoms with Gasteiger partial charge in [0.25, 0.3) is 0 Å². The van der Waals surface area contributed by atoms with Gasteiger partial charge in [-0.2, -0.15) is 14.9 Å². The Hall–Kier alpha value is -2.19. The number of nitrogens with zero attached hydrogens (tertiary/aromatic N) is 3. The number of aromatic nitrogens is 3. The number of aromatic amines is 1. The van der Waals surface area contributed by atoms with Crippen LogP contribution in [0.25, 0.3) is 11.4 Å². The molecule has 0 atom stereocenters. The number of H-pyrrole nitrogens is 1. The van der Waals surface area contributed by atoms with Crippen LogP contribution >= 0.6 is 28.1 Å². The second-order valence-electron chi connectivity index (χ2n) is 4.55. The minimum Gasteiger partial charge on any atom is -0.250 e. The third-order valence-corrected chi connectivity index (χ3v) is 4.00. The van der Waals surface area contributed by atoms with Gasteiger partial charge in [-0.05, 0) is 36.5 Å². The summed E-state index contributed by atoms with van der Waals surface area (Å²) in [6.07, 6.45) is 1.26. The maximum absolute atomic E-state index is 13.7. The zero-order chi connectivity index (χ0) is 16.4. The summed E-state index contributed by atoms with van der Waals surface area (Å²) in [7, 11) is 0. The number of rotatable bonds is 3. The molecule has 3 rings (SSSR count). The van der Waals surface area contributed by atoms with Crippen LogP contribution in [0.3, 0.4) is 0 Å². The molecule has 0 fully saturated rings. The second kappa shape index (κ2) is 6.51. The first-order valence-corrected chi connectivity index (χ1v) is 7.68. The molecule has 0 radical (unpaired) electrons. The van der Waals surface area contributed by atoms with Gasteiger partial charge in [-0.3, -0.25) is 0 Å². The molecule has 8 heteroatoms. The molecule has 0 aliphatic rings. The summed E-state index contributed by atoms with van der Waals surface area (Å²) in [6.45, 7) is 0. The summed E-state index contributed by atoms with van der Waals surface area (Å²) in [5, 5.41) is 10.9. The summed E-state index contributed by atoms with van der Waals surface area (Å²) in [5.41, 5.74) is 0.921. The molecule has 1 heterocycles. The van der Waals surface area contributed by atoms with Crippen LogP contribution in [0.5, 0.6) is 0 Å². The SMILES string of the molecule is Fc1ccc(/C=N\n2c(-c3ccccc3Br)n[nH]c2=S)c(F)c1. The van der Waals surface area contributed by atoms with Gasteiger partial charge in [-0.25, -0.2) is 13.9 Å². The number of benzene rings is 2. The fourth-order valence-corrected chi connectivity index (χ4v) is 2.58. The van der Waals surface area contributed by atoms with E-state index in [-0.39, 0.29) is 10.3 Å². The van der Waals surface area contributed by atoms with E-state index in [1.807, 2.05) is 24.3 Å². The lowest BCUT2D eigenvalue weighted by molar-refractivity contribution is 0.582. The van der Waals surface area contributed by atoms with E-state index in [0.29, 0.717) is 5.82 Å². The van der Waals surface area contributed by atoms with Gasteiger partial charge in [0.1, 0.15) is 11.6 Å². The highest BCUT2D eigenvalue weighted by atomic mass is 79.9. The van der Waals surface area contributed by atoms with Gasteiger partial charge in [-0.1, -0.05) is 28.1 Å². The summed E-state index contributed by atoms with van der Waals surface area (Å²) < 4.78 is 29.0. The Morgan fingerprint density at radius 1 is 1.22 bits per heavy atom. The average molecular weight is 395 g/mol. The van der Waals surface area contributed by atoms with Crippen molar-refractivity contribution in [3.63, 3.8) is 0 Å². The largest absolute Gasteiger partial charge is 0.250 e. The maximum atomic E-state index is 13.7. The fraction of sp³-hybridized carbons (Fsp3) is 0. The second-order valence-corrected chi connectivity index (χ2v) is 5.80. The summed E-state index contributed by atoms with van der Waals surface area (Å²) >= 11 is 8.58. The summed E-state index contributed by atoms with van der Waals surface area (Å²) in [5.74, 6) is -0.874. The van der Waals surface area contributed by atoms with Crippen molar-refractivity contribution in [1.82, 2.24) is 14.9 Å². The highest BCUT2D eigenvalue weighted by Crippen LogP contribution is 2.26. The van der Waals surface area contributed by atoms with E-state index in [4.69, 9.17) is 12.2 Å². The van der Waals surface area contributed by atoms with Crippen molar-refractivity contribution < 1.29 is 8.78 Å². The molecular formula is C15H9BrF2N4S. The molecule has 3 aromatic rings. The number of nitrogens with one attached hydrogen (secondary N) is 1. The number of halogens is 3. The van der Waals surface area contributed by atoms with Crippen LogP contribution < -0.4 is 0 Å². The van der Waals surface area contributed by atoms with Gasteiger partial charge in [0.2, 0.25) is 4.77 Å². The molecule has 0 saturated heterocycles. The number of hydrogen-bond donors (Lipinski definition) is 1. The molecule has 1 aromatic heterocycles. The van der Waals surface area contributed by atoms with Crippen LogP contribution in [0, 0.1) is 16.4 Å². The van der Waals surface area contributed by atoms with Crippen LogP contribution in [-0.2, 0) is 0 Å². The fourth-order valence-electron chi connectivity index (χ4n) is 1.94. The highest BCUT2D eigenvalue weighted by molar-refractivity contribution is 9.10. The Morgan fingerprint density at radius 3 is 2.74 bits per heavy atom. The molecule has 0 bridgehead atoms. The lowest BCUT2D eigenvalue weighted by Gasteiger charge is -2.03. The summed E-state index contributed by atoms with van der Waals surface area (Å²) in [6, 6.07) is 10.7. The van der Waals surface area contributed by atoms with Crippen LogP contribution in [0.2, 0.25) is 0 Å². The van der Waals surface area contributed by atoms with E-state index in [2.05, 4.69) is 31.2 Å². The first kappa shape index (κ1) is 15.7. The first-order chi connectivity index (χ1) is 11.1. The molecule has 0 saturated carbocycles. The Labute approximate surface area is 143 Å². The Morgan fingerprint density at radius 2 is 2.00 bits per heavy atom. The molecule has 0 unspecified atom stereocenters. The first-order valence-electron chi connectivity index (χ1n) is 6.48. The lowest BCUT2D eigenvalue weighted by atomic mass is 10.2. The minimum atomic E-state index is -0.703. The van der Waals surface area contributed by atoms with E-state index in [9.17, 15) is 8.78 Å². The Bertz CT molecular complexity index is 949. The lowest BCUT2D eigenvalue weighted by Crippen LogP contribution is -1.97. The molecule has 0 aliphatic carbocycles. The van der Waals surface area contributed by atoms with Crippen molar-refractivity contribution >= 4 is 34.4 Å². The van der Waals surface area contributed by atoms with Gasteiger partial charge < -0.3 is 0 Å². The van der Waals surface area contributed by atoms with Crippen molar-refractivity contribution in [1.29, 1.82) is 0 Å². The smallest absolute Gasteiger partial charge is 0.216 e. The molecule has 2 aromatic carbocycles. The van der Waals surface area contributed by atoms with Crippen molar-refractivity contribution in [2.75, 3.05) is 0 Å². The molecule has 116 valence electrons. The molecule has 23 heavy (non-hydrogen) atoms. The van der Waals surface area contributed by atoms with E-state index < -0.39 is 11.6 Å². The molecule has 4 nitrogen and oxygen atoms in total. The Balaban J connectivity index is 2.04. The third kappa shape index (κ3) is 3.27. The van der Waals surface area contributed by atoms with E-state index in [0.717, 1.165) is 22.2 Å². The van der Waals surface area contributed by atoms with Crippen molar-refractivity contribution in [2.24, 2.45) is 5.10 Å². The van der Waals surface area contributed by atoms with Gasteiger partial charge in [0.15, 0.2) is 5.82 Å². The van der Waals surface area contributed by atoms with E-state index in [1.54, 1.807) is 0 Å². The van der Waals surface area contributed by atoms with Crippen LogP contribution in [-0.4, -0.2) is 21.1 Å². The Kier molecular flexibility index (Phi) is 4.44. The quantitative estimate of drug-likeness (QED) is 0.523. The van der Waals surface area contributed by atoms with Crippen molar-refractivity contribution in [3.05, 3.63) is 68.9 Å². The van der Waals surface area contributed by atoms with E-state index >= 15 is 0 Å². The van der Waals surface area contributed by atoms with Crippen molar-refractivity contribution in [3.8, 4) is 11.4 Å². The zero-order valence-electron chi connectivity index (χ0n) is 11.5. The summed E-state index contributed by atoms with van der Waals surface area (Å²) in [4.78, 5) is 0. The van der Waals surface area contributed by atoms with Crippen LogP contribution in [0.1, 0.15) is 5.56 Å². The topological polar surface area (TPSA) is 46.0 Å². The molecule has 0 aliphatic heterocycles. The minimum absolute atomic E-state index is 0.146. The molecule has 0 spiro atoms. The highest BCUT2D eigenvalue weighted by Gasteiger charge is 2.11. The predicted octanol–water partition coefficient (Wildman–Crippen LogP) is 4.53. The number of hydrogen-bond acceptors (Lipinski definition) is 3. The predicted molar refractivity (Wildman–Crippen MR) is 89.9 cm³/mol. The average Bonchev–Trinajstić information content (AvgIpc) is 2.88. The van der Waals surface area contributed by atoms with Crippen LogP contribution in [0.4, 0.5) is 8.78 Å². The molecule has 1 N–H and O–H groups in total. The van der Waals surface area contributed by atoms with Crippen LogP contribution in [0.15, 0.2) is 52.0 Å². The third-order valence-electron chi connectivity index (χ3n) is 3.04. The molecule has 0 amide bonds. The van der Waals surface area contributed by atoms with Gasteiger partial charge >= 0.3 is 0 Å². The van der Waals surface area contributed by atoms with Gasteiger partial charge in [0, 0.05) is 21.7 Å². The molecular weight excluding hydrogens is 386 g/mol. The monoisotopic (exact) mass is 394 g/mol. The zero-order valence-corrected chi connectivity index (χ0v) is 13.9. The standard InChI is InChI=1S/C15H9BrF2N4S/c16-12-4-2-1-3-11(12)14-20-21-15(23)22(14)19-8-9-5-6-10(17)7-13(9)18/h1-8H,(H,21,23)/b19-8-. The van der Waals surface area contributed by atoms with Gasteiger partial charge in [0.05, 0.1) is 6.21 Å². The van der Waals surface area contributed by atoms with Crippen molar-refractivity contribution in [2.45, 2.75) is 0 Å². The van der Waals surface area contributed by atoms with Gasteiger partial charge in [-0.15, -0.1) is 0 Å².